The average molecular weight is 324 g/mol. The Bertz CT molecular complexity index is 729. The van der Waals surface area contributed by atoms with Gasteiger partial charge in [0, 0.05) is 17.7 Å². The maximum Gasteiger partial charge on any atom is 0.259 e. The summed E-state index contributed by atoms with van der Waals surface area (Å²) in [5.41, 5.74) is 1.32. The van der Waals surface area contributed by atoms with E-state index >= 15 is 0 Å². The lowest BCUT2D eigenvalue weighted by atomic mass is 10.2. The van der Waals surface area contributed by atoms with Gasteiger partial charge in [-0.3, -0.25) is 19.5 Å². The van der Waals surface area contributed by atoms with Crippen LogP contribution in [0.15, 0.2) is 65.7 Å². The second-order valence-electron chi connectivity index (χ2n) is 5.06. The molecule has 3 rings (SSSR count). The number of hydrogen-bond acceptors (Lipinski definition) is 4. The van der Waals surface area contributed by atoms with Crippen molar-refractivity contribution in [3.05, 3.63) is 71.8 Å². The van der Waals surface area contributed by atoms with Crippen LogP contribution in [0.25, 0.3) is 0 Å². The molecule has 0 spiro atoms. The minimum absolute atomic E-state index is 0.0392. The minimum Gasteiger partial charge on any atom is -0.293 e. The molecular formula is C18H16N2O2S. The molecule has 116 valence electrons. The van der Waals surface area contributed by atoms with Gasteiger partial charge < -0.3 is 0 Å². The SMILES string of the molecule is O=C(CSC1=NCCN1C(=O)c1ccccc1)c1ccccc1. The fraction of sp³-hybridized carbons (Fsp3) is 0.167. The summed E-state index contributed by atoms with van der Waals surface area (Å²) in [6, 6.07) is 18.3. The van der Waals surface area contributed by atoms with Crippen LogP contribution in [0.4, 0.5) is 0 Å². The number of amidine groups is 1. The lowest BCUT2D eigenvalue weighted by Gasteiger charge is -2.17. The topological polar surface area (TPSA) is 49.7 Å². The summed E-state index contributed by atoms with van der Waals surface area (Å²) in [7, 11) is 0. The standard InChI is InChI=1S/C18H16N2O2S/c21-16(14-7-3-1-4-8-14)13-23-18-19-11-12-20(18)17(22)15-9-5-2-6-10-15/h1-10H,11-13H2. The van der Waals surface area contributed by atoms with Gasteiger partial charge in [0.1, 0.15) is 0 Å². The summed E-state index contributed by atoms with van der Waals surface area (Å²) in [6.07, 6.45) is 0. The molecule has 0 unspecified atom stereocenters. The molecule has 0 aromatic heterocycles. The quantitative estimate of drug-likeness (QED) is 0.812. The smallest absolute Gasteiger partial charge is 0.259 e. The van der Waals surface area contributed by atoms with E-state index in [-0.39, 0.29) is 17.4 Å². The van der Waals surface area contributed by atoms with Gasteiger partial charge in [0.2, 0.25) is 0 Å². The van der Waals surface area contributed by atoms with Gasteiger partial charge in [-0.15, -0.1) is 0 Å². The Morgan fingerprint density at radius 3 is 2.22 bits per heavy atom. The van der Waals surface area contributed by atoms with Crippen molar-refractivity contribution in [3.8, 4) is 0 Å². The van der Waals surface area contributed by atoms with E-state index in [9.17, 15) is 9.59 Å². The van der Waals surface area contributed by atoms with Crippen molar-refractivity contribution < 1.29 is 9.59 Å². The largest absolute Gasteiger partial charge is 0.293 e. The molecule has 2 aromatic carbocycles. The Kier molecular flexibility index (Phi) is 4.88. The number of hydrogen-bond donors (Lipinski definition) is 0. The van der Waals surface area contributed by atoms with Crippen LogP contribution in [-0.2, 0) is 0 Å². The second-order valence-corrected chi connectivity index (χ2v) is 6.01. The summed E-state index contributed by atoms with van der Waals surface area (Å²) in [4.78, 5) is 30.7. The van der Waals surface area contributed by atoms with Crippen molar-refractivity contribution in [1.29, 1.82) is 0 Å². The highest BCUT2D eigenvalue weighted by Crippen LogP contribution is 2.18. The average Bonchev–Trinajstić information content (AvgIpc) is 3.09. The molecule has 1 aliphatic rings. The van der Waals surface area contributed by atoms with Gasteiger partial charge in [0.25, 0.3) is 5.91 Å². The van der Waals surface area contributed by atoms with Crippen molar-refractivity contribution >= 4 is 28.6 Å². The maximum atomic E-state index is 12.5. The number of ketones is 1. The molecule has 2 aromatic rings. The molecule has 1 heterocycles. The van der Waals surface area contributed by atoms with Gasteiger partial charge in [-0.1, -0.05) is 60.3 Å². The highest BCUT2D eigenvalue weighted by molar-refractivity contribution is 8.14. The lowest BCUT2D eigenvalue weighted by molar-refractivity contribution is 0.0860. The third kappa shape index (κ3) is 3.68. The van der Waals surface area contributed by atoms with Gasteiger partial charge >= 0.3 is 0 Å². The molecule has 5 heteroatoms. The Morgan fingerprint density at radius 2 is 1.57 bits per heavy atom. The Hall–Kier alpha value is -2.40. The molecule has 23 heavy (non-hydrogen) atoms. The van der Waals surface area contributed by atoms with Gasteiger partial charge in [0.05, 0.1) is 12.3 Å². The van der Waals surface area contributed by atoms with Gasteiger partial charge in [0.15, 0.2) is 11.0 Å². The summed E-state index contributed by atoms with van der Waals surface area (Å²) in [6.45, 7) is 1.15. The highest BCUT2D eigenvalue weighted by Gasteiger charge is 2.25. The fourth-order valence-electron chi connectivity index (χ4n) is 2.31. The van der Waals surface area contributed by atoms with Crippen LogP contribution in [0.5, 0.6) is 0 Å². The molecule has 4 nitrogen and oxygen atoms in total. The highest BCUT2D eigenvalue weighted by atomic mass is 32.2. The molecule has 0 bridgehead atoms. The summed E-state index contributed by atoms with van der Waals surface area (Å²) in [5, 5.41) is 0.628. The molecule has 1 aliphatic heterocycles. The number of thioether (sulfide) groups is 1. The van der Waals surface area contributed by atoms with E-state index in [0.29, 0.717) is 29.4 Å². The van der Waals surface area contributed by atoms with Crippen molar-refractivity contribution in [2.24, 2.45) is 4.99 Å². The van der Waals surface area contributed by atoms with Crippen molar-refractivity contribution in [2.75, 3.05) is 18.8 Å². The van der Waals surface area contributed by atoms with Gasteiger partial charge in [-0.2, -0.15) is 0 Å². The van der Waals surface area contributed by atoms with Crippen LogP contribution in [0.2, 0.25) is 0 Å². The number of aliphatic imine (C=N–C) groups is 1. The number of nitrogens with zero attached hydrogens (tertiary/aromatic N) is 2. The van der Waals surface area contributed by atoms with Crippen molar-refractivity contribution in [1.82, 2.24) is 4.90 Å². The molecule has 0 aliphatic carbocycles. The lowest BCUT2D eigenvalue weighted by Crippen LogP contribution is -2.33. The van der Waals surface area contributed by atoms with Gasteiger partial charge in [-0.25, -0.2) is 0 Å². The first-order valence-corrected chi connectivity index (χ1v) is 8.36. The molecule has 0 radical (unpaired) electrons. The zero-order valence-corrected chi connectivity index (χ0v) is 13.3. The van der Waals surface area contributed by atoms with E-state index < -0.39 is 0 Å². The Morgan fingerprint density at radius 1 is 0.957 bits per heavy atom. The third-order valence-corrected chi connectivity index (χ3v) is 4.51. The van der Waals surface area contributed by atoms with Crippen LogP contribution >= 0.6 is 11.8 Å². The zero-order valence-electron chi connectivity index (χ0n) is 12.5. The summed E-state index contributed by atoms with van der Waals surface area (Å²) >= 11 is 1.32. The molecule has 0 N–H and O–H groups in total. The first-order valence-electron chi connectivity index (χ1n) is 7.38. The normalized spacial score (nSPS) is 13.7. The van der Waals surface area contributed by atoms with Crippen LogP contribution in [0, 0.1) is 0 Å². The zero-order chi connectivity index (χ0) is 16.1. The fourth-order valence-corrected chi connectivity index (χ4v) is 3.25. The van der Waals surface area contributed by atoms with E-state index in [1.807, 2.05) is 36.4 Å². The van der Waals surface area contributed by atoms with E-state index in [1.165, 1.54) is 11.8 Å². The molecular weight excluding hydrogens is 308 g/mol. The third-order valence-electron chi connectivity index (χ3n) is 3.50. The molecule has 0 fully saturated rings. The van der Waals surface area contributed by atoms with E-state index in [2.05, 4.69) is 4.99 Å². The monoisotopic (exact) mass is 324 g/mol. The Labute approximate surface area is 139 Å². The number of carbonyl (C=O) groups excluding carboxylic acids is 2. The molecule has 0 saturated heterocycles. The molecule has 0 saturated carbocycles. The van der Waals surface area contributed by atoms with Crippen LogP contribution in [0.1, 0.15) is 20.7 Å². The van der Waals surface area contributed by atoms with Crippen LogP contribution in [-0.4, -0.2) is 40.6 Å². The number of Topliss-reactive ketones (excluding diaryl/α,β-unsaturated/α-hetero) is 1. The van der Waals surface area contributed by atoms with Crippen LogP contribution in [0.3, 0.4) is 0 Å². The Balaban J connectivity index is 1.64. The second kappa shape index (κ2) is 7.24. The number of benzene rings is 2. The van der Waals surface area contributed by atoms with Crippen molar-refractivity contribution in [2.45, 2.75) is 0 Å². The first-order chi connectivity index (χ1) is 11.3. The van der Waals surface area contributed by atoms with Crippen LogP contribution < -0.4 is 0 Å². The predicted molar refractivity (Wildman–Crippen MR) is 93.0 cm³/mol. The van der Waals surface area contributed by atoms with E-state index in [0.717, 1.165) is 0 Å². The van der Waals surface area contributed by atoms with Gasteiger partial charge in [-0.05, 0) is 12.1 Å². The first kappa shape index (κ1) is 15.5. The maximum absolute atomic E-state index is 12.5. The number of rotatable bonds is 4. The van der Waals surface area contributed by atoms with E-state index in [1.54, 1.807) is 29.2 Å². The molecule has 1 amide bonds. The number of carbonyl (C=O) groups is 2. The van der Waals surface area contributed by atoms with Crippen molar-refractivity contribution in [3.63, 3.8) is 0 Å². The summed E-state index contributed by atoms with van der Waals surface area (Å²) in [5.74, 6) is 0.250. The number of amides is 1. The molecule has 0 atom stereocenters. The minimum atomic E-state index is -0.0680. The van der Waals surface area contributed by atoms with E-state index in [4.69, 9.17) is 0 Å². The summed E-state index contributed by atoms with van der Waals surface area (Å²) < 4.78 is 0. The predicted octanol–water partition coefficient (Wildman–Crippen LogP) is 3.11.